The first kappa shape index (κ1) is 15.2. The number of nitrogens with one attached hydrogen (secondary N) is 1. The van der Waals surface area contributed by atoms with E-state index in [0.717, 1.165) is 19.5 Å². The summed E-state index contributed by atoms with van der Waals surface area (Å²) >= 11 is 0. The largest absolute Gasteiger partial charge is 0.310 e. The average molecular weight is 248 g/mol. The van der Waals surface area contributed by atoms with E-state index in [0.29, 0.717) is 6.04 Å². The van der Waals surface area contributed by atoms with Crippen molar-refractivity contribution in [2.45, 2.75) is 39.2 Å². The summed E-state index contributed by atoms with van der Waals surface area (Å²) in [4.78, 5) is 2.25. The molecule has 0 heterocycles. The van der Waals surface area contributed by atoms with E-state index in [1.54, 1.807) is 0 Å². The molecule has 0 spiro atoms. The van der Waals surface area contributed by atoms with Crippen LogP contribution in [0.3, 0.4) is 0 Å². The summed E-state index contributed by atoms with van der Waals surface area (Å²) in [5, 5.41) is 3.65. The van der Waals surface area contributed by atoms with Crippen molar-refractivity contribution in [3.05, 3.63) is 35.4 Å². The predicted octanol–water partition coefficient (Wildman–Crippen LogP) is 3.24. The first-order valence-electron chi connectivity index (χ1n) is 7.14. The molecule has 1 unspecified atom stereocenters. The minimum atomic E-state index is 0.484. The Balaban J connectivity index is 2.66. The van der Waals surface area contributed by atoms with Crippen LogP contribution in [0.25, 0.3) is 0 Å². The summed E-state index contributed by atoms with van der Waals surface area (Å²) in [6.45, 7) is 6.63. The molecule has 0 amide bonds. The fourth-order valence-corrected chi connectivity index (χ4v) is 2.08. The Morgan fingerprint density at radius 1 is 1.11 bits per heavy atom. The Kier molecular flexibility index (Phi) is 6.99. The van der Waals surface area contributed by atoms with E-state index < -0.39 is 0 Å². The van der Waals surface area contributed by atoms with Gasteiger partial charge in [-0.3, -0.25) is 0 Å². The molecule has 0 fully saturated rings. The number of hydrogen-bond acceptors (Lipinski definition) is 2. The van der Waals surface area contributed by atoms with Crippen LogP contribution in [0.15, 0.2) is 24.3 Å². The first-order valence-corrected chi connectivity index (χ1v) is 7.14. The predicted molar refractivity (Wildman–Crippen MR) is 80.0 cm³/mol. The van der Waals surface area contributed by atoms with Crippen molar-refractivity contribution in [3.8, 4) is 0 Å². The van der Waals surface area contributed by atoms with Gasteiger partial charge in [0.05, 0.1) is 0 Å². The molecule has 102 valence electrons. The number of hydrogen-bond donors (Lipinski definition) is 1. The number of rotatable bonds is 8. The Morgan fingerprint density at radius 2 is 1.78 bits per heavy atom. The Labute approximate surface area is 112 Å². The molecule has 0 aliphatic heterocycles. The standard InChI is InChI=1S/C16H28N2/c1-5-12-17-16(11-13-18(3)4)15-9-7-14(6-2)8-10-15/h7-10,16-17H,5-6,11-13H2,1-4H3. The van der Waals surface area contributed by atoms with Gasteiger partial charge in [-0.05, 0) is 57.6 Å². The van der Waals surface area contributed by atoms with Gasteiger partial charge in [-0.2, -0.15) is 0 Å². The van der Waals surface area contributed by atoms with Gasteiger partial charge < -0.3 is 10.2 Å². The van der Waals surface area contributed by atoms with E-state index in [9.17, 15) is 0 Å². The lowest BCUT2D eigenvalue weighted by Crippen LogP contribution is -2.26. The molecule has 1 rings (SSSR count). The van der Waals surface area contributed by atoms with E-state index in [1.807, 2.05) is 0 Å². The highest BCUT2D eigenvalue weighted by atomic mass is 15.1. The normalized spacial score (nSPS) is 12.9. The van der Waals surface area contributed by atoms with Crippen molar-refractivity contribution in [2.75, 3.05) is 27.2 Å². The van der Waals surface area contributed by atoms with Gasteiger partial charge in [-0.1, -0.05) is 38.1 Å². The van der Waals surface area contributed by atoms with Crippen molar-refractivity contribution in [1.82, 2.24) is 10.2 Å². The lowest BCUT2D eigenvalue weighted by molar-refractivity contribution is 0.361. The summed E-state index contributed by atoms with van der Waals surface area (Å²) < 4.78 is 0. The van der Waals surface area contributed by atoms with Crippen LogP contribution in [0.5, 0.6) is 0 Å². The maximum Gasteiger partial charge on any atom is 0.0332 e. The van der Waals surface area contributed by atoms with Crippen molar-refractivity contribution >= 4 is 0 Å². The highest BCUT2D eigenvalue weighted by molar-refractivity contribution is 5.25. The average Bonchev–Trinajstić information content (AvgIpc) is 2.39. The maximum atomic E-state index is 3.65. The fourth-order valence-electron chi connectivity index (χ4n) is 2.08. The monoisotopic (exact) mass is 248 g/mol. The van der Waals surface area contributed by atoms with E-state index >= 15 is 0 Å². The fraction of sp³-hybridized carbons (Fsp3) is 0.625. The second kappa shape index (κ2) is 8.28. The van der Waals surface area contributed by atoms with Crippen molar-refractivity contribution in [2.24, 2.45) is 0 Å². The van der Waals surface area contributed by atoms with Gasteiger partial charge in [0, 0.05) is 6.04 Å². The molecular formula is C16H28N2. The zero-order chi connectivity index (χ0) is 13.4. The molecule has 18 heavy (non-hydrogen) atoms. The van der Waals surface area contributed by atoms with Crippen molar-refractivity contribution in [3.63, 3.8) is 0 Å². The molecule has 0 aromatic heterocycles. The quantitative estimate of drug-likeness (QED) is 0.760. The molecule has 0 saturated carbocycles. The summed E-state index contributed by atoms with van der Waals surface area (Å²) in [5.74, 6) is 0. The molecule has 0 radical (unpaired) electrons. The zero-order valence-corrected chi connectivity index (χ0v) is 12.4. The van der Waals surface area contributed by atoms with Crippen molar-refractivity contribution in [1.29, 1.82) is 0 Å². The van der Waals surface area contributed by atoms with Gasteiger partial charge in [0.15, 0.2) is 0 Å². The van der Waals surface area contributed by atoms with Gasteiger partial charge in [0.25, 0.3) is 0 Å². The SMILES string of the molecule is CCCNC(CCN(C)C)c1ccc(CC)cc1. The molecule has 2 nitrogen and oxygen atoms in total. The highest BCUT2D eigenvalue weighted by Crippen LogP contribution is 2.18. The van der Waals surface area contributed by atoms with Crippen LogP contribution in [-0.2, 0) is 6.42 Å². The van der Waals surface area contributed by atoms with Gasteiger partial charge in [0.2, 0.25) is 0 Å². The van der Waals surface area contributed by atoms with Gasteiger partial charge >= 0.3 is 0 Å². The maximum absolute atomic E-state index is 3.65. The first-order chi connectivity index (χ1) is 8.67. The molecule has 0 aliphatic rings. The lowest BCUT2D eigenvalue weighted by Gasteiger charge is -2.21. The van der Waals surface area contributed by atoms with E-state index in [-0.39, 0.29) is 0 Å². The van der Waals surface area contributed by atoms with E-state index in [2.05, 4.69) is 62.4 Å². The van der Waals surface area contributed by atoms with Gasteiger partial charge in [-0.15, -0.1) is 0 Å². The summed E-state index contributed by atoms with van der Waals surface area (Å²) in [6, 6.07) is 9.55. The molecule has 2 heteroatoms. The Hall–Kier alpha value is -0.860. The smallest absolute Gasteiger partial charge is 0.0332 e. The minimum Gasteiger partial charge on any atom is -0.310 e. The molecular weight excluding hydrogens is 220 g/mol. The van der Waals surface area contributed by atoms with Crippen LogP contribution in [0.1, 0.15) is 43.9 Å². The second-order valence-electron chi connectivity index (χ2n) is 5.19. The summed E-state index contributed by atoms with van der Waals surface area (Å²) in [5.41, 5.74) is 2.84. The van der Waals surface area contributed by atoms with Crippen LogP contribution >= 0.6 is 0 Å². The van der Waals surface area contributed by atoms with Gasteiger partial charge in [0.1, 0.15) is 0 Å². The summed E-state index contributed by atoms with van der Waals surface area (Å²) in [7, 11) is 4.27. The van der Waals surface area contributed by atoms with Crippen LogP contribution in [-0.4, -0.2) is 32.1 Å². The zero-order valence-electron chi connectivity index (χ0n) is 12.4. The molecule has 1 aromatic rings. The lowest BCUT2D eigenvalue weighted by atomic mass is 10.0. The summed E-state index contributed by atoms with van der Waals surface area (Å²) in [6.07, 6.45) is 3.47. The minimum absolute atomic E-state index is 0.484. The molecule has 1 atom stereocenters. The molecule has 1 aromatic carbocycles. The van der Waals surface area contributed by atoms with Crippen LogP contribution in [0.4, 0.5) is 0 Å². The molecule has 0 saturated heterocycles. The number of nitrogens with zero attached hydrogens (tertiary/aromatic N) is 1. The van der Waals surface area contributed by atoms with Crippen LogP contribution in [0, 0.1) is 0 Å². The van der Waals surface area contributed by atoms with Crippen LogP contribution < -0.4 is 5.32 Å². The highest BCUT2D eigenvalue weighted by Gasteiger charge is 2.10. The van der Waals surface area contributed by atoms with E-state index in [1.165, 1.54) is 24.0 Å². The molecule has 0 bridgehead atoms. The number of benzene rings is 1. The van der Waals surface area contributed by atoms with Gasteiger partial charge in [-0.25, -0.2) is 0 Å². The molecule has 1 N–H and O–H groups in total. The van der Waals surface area contributed by atoms with Crippen LogP contribution in [0.2, 0.25) is 0 Å². The topological polar surface area (TPSA) is 15.3 Å². The Morgan fingerprint density at radius 3 is 2.28 bits per heavy atom. The van der Waals surface area contributed by atoms with E-state index in [4.69, 9.17) is 0 Å². The molecule has 0 aliphatic carbocycles. The Bertz CT molecular complexity index is 316. The third-order valence-corrected chi connectivity index (χ3v) is 3.30. The number of aryl methyl sites for hydroxylation is 1. The third-order valence-electron chi connectivity index (χ3n) is 3.30. The third kappa shape index (κ3) is 5.19. The van der Waals surface area contributed by atoms with Crippen molar-refractivity contribution < 1.29 is 0 Å². The second-order valence-corrected chi connectivity index (χ2v) is 5.19.